The number of carbonyl (C=O) groups is 1. The van der Waals surface area contributed by atoms with Crippen LogP contribution in [-0.4, -0.2) is 54.7 Å². The fraction of sp³-hybridized carbons (Fsp3) is 0.278. The number of ether oxygens (including phenoxy) is 1. The van der Waals surface area contributed by atoms with E-state index in [1.54, 1.807) is 11.1 Å². The molecule has 28 heavy (non-hydrogen) atoms. The van der Waals surface area contributed by atoms with Crippen LogP contribution in [0.25, 0.3) is 0 Å². The molecule has 1 saturated heterocycles. The molecule has 0 saturated carbocycles. The van der Waals surface area contributed by atoms with Gasteiger partial charge in [0.25, 0.3) is 0 Å². The van der Waals surface area contributed by atoms with Gasteiger partial charge in [-0.2, -0.15) is 5.10 Å². The average molecular weight is 393 g/mol. The summed E-state index contributed by atoms with van der Waals surface area (Å²) in [4.78, 5) is 20.2. The van der Waals surface area contributed by atoms with E-state index in [1.165, 1.54) is 30.5 Å². The number of carbonyl (C=O) groups excluding carboxylic acids is 1. The van der Waals surface area contributed by atoms with E-state index in [1.807, 2.05) is 18.2 Å². The quantitative estimate of drug-likeness (QED) is 0.641. The van der Waals surface area contributed by atoms with Crippen LogP contribution in [0.15, 0.2) is 53.8 Å². The molecular weight excluding hydrogens is 375 g/mol. The van der Waals surface area contributed by atoms with Crippen LogP contribution in [0.3, 0.4) is 0 Å². The van der Waals surface area contributed by atoms with Gasteiger partial charge in [-0.15, -0.1) is 13.2 Å². The van der Waals surface area contributed by atoms with E-state index in [4.69, 9.17) is 0 Å². The van der Waals surface area contributed by atoms with Crippen molar-refractivity contribution in [2.24, 2.45) is 5.10 Å². The summed E-state index contributed by atoms with van der Waals surface area (Å²) in [5.41, 5.74) is 2.94. The van der Waals surface area contributed by atoms with E-state index in [0.29, 0.717) is 31.7 Å². The first-order chi connectivity index (χ1) is 13.4. The Labute approximate surface area is 159 Å². The number of anilines is 1. The number of piperazine rings is 1. The number of rotatable bonds is 4. The van der Waals surface area contributed by atoms with Gasteiger partial charge in [0.05, 0.1) is 6.21 Å². The topological polar surface area (TPSA) is 70.1 Å². The normalized spacial score (nSPS) is 15.0. The maximum Gasteiger partial charge on any atom is 0.573 e. The van der Waals surface area contributed by atoms with Crippen LogP contribution in [0.2, 0.25) is 0 Å². The average Bonchev–Trinajstić information content (AvgIpc) is 2.69. The number of hydrogen-bond acceptors (Lipinski definition) is 5. The van der Waals surface area contributed by atoms with Gasteiger partial charge in [0, 0.05) is 32.4 Å². The largest absolute Gasteiger partial charge is 0.573 e. The number of aromatic nitrogens is 1. The van der Waals surface area contributed by atoms with Crippen LogP contribution in [0.4, 0.5) is 23.8 Å². The van der Waals surface area contributed by atoms with Gasteiger partial charge in [-0.25, -0.2) is 15.2 Å². The molecule has 7 nitrogen and oxygen atoms in total. The highest BCUT2D eigenvalue weighted by molar-refractivity contribution is 5.82. The number of hydrazone groups is 1. The third-order valence-corrected chi connectivity index (χ3v) is 4.03. The molecule has 1 aliphatic rings. The third-order valence-electron chi connectivity index (χ3n) is 4.03. The Morgan fingerprint density at radius 1 is 1.11 bits per heavy atom. The van der Waals surface area contributed by atoms with Crippen LogP contribution in [-0.2, 0) is 0 Å². The molecule has 0 bridgehead atoms. The first kappa shape index (κ1) is 19.5. The predicted octanol–water partition coefficient (Wildman–Crippen LogP) is 2.85. The number of urea groups is 1. The third kappa shape index (κ3) is 5.60. The van der Waals surface area contributed by atoms with Gasteiger partial charge in [-0.1, -0.05) is 6.07 Å². The van der Waals surface area contributed by atoms with E-state index in [9.17, 15) is 18.0 Å². The predicted molar refractivity (Wildman–Crippen MR) is 97.3 cm³/mol. The lowest BCUT2D eigenvalue weighted by Gasteiger charge is -2.34. The van der Waals surface area contributed by atoms with E-state index in [2.05, 4.69) is 25.1 Å². The zero-order valence-electron chi connectivity index (χ0n) is 14.8. The number of nitrogens with one attached hydrogen (secondary N) is 1. The standard InChI is InChI=1S/C18H18F3N5O2/c19-18(20,21)28-15-6-4-14(5-7-15)13-23-24-17(27)26-11-9-25(10-12-26)16-3-1-2-8-22-16/h1-8,13H,9-12H2,(H,24,27)/b23-13+. The van der Waals surface area contributed by atoms with Gasteiger partial charge in [0.15, 0.2) is 0 Å². The minimum atomic E-state index is -4.73. The Hall–Kier alpha value is -3.30. The van der Waals surface area contributed by atoms with Crippen molar-refractivity contribution < 1.29 is 22.7 Å². The molecule has 1 aromatic heterocycles. The summed E-state index contributed by atoms with van der Waals surface area (Å²) in [6, 6.07) is 10.5. The zero-order chi connectivity index (χ0) is 20.0. The molecule has 0 spiro atoms. The van der Waals surface area contributed by atoms with Gasteiger partial charge < -0.3 is 14.5 Å². The highest BCUT2D eigenvalue weighted by Gasteiger charge is 2.30. The van der Waals surface area contributed by atoms with Crippen molar-refractivity contribution in [3.05, 3.63) is 54.2 Å². The van der Waals surface area contributed by atoms with Crippen molar-refractivity contribution in [3.8, 4) is 5.75 Å². The van der Waals surface area contributed by atoms with E-state index >= 15 is 0 Å². The van der Waals surface area contributed by atoms with Crippen molar-refractivity contribution >= 4 is 18.1 Å². The van der Waals surface area contributed by atoms with Crippen molar-refractivity contribution in [1.82, 2.24) is 15.3 Å². The number of nitrogens with zero attached hydrogens (tertiary/aromatic N) is 4. The van der Waals surface area contributed by atoms with Crippen molar-refractivity contribution in [3.63, 3.8) is 0 Å². The summed E-state index contributed by atoms with van der Waals surface area (Å²) in [6.07, 6.45) is -1.66. The molecule has 2 heterocycles. The summed E-state index contributed by atoms with van der Waals surface area (Å²) in [6.45, 7) is 2.38. The Kier molecular flexibility index (Phi) is 5.97. The molecule has 1 aromatic carbocycles. The Morgan fingerprint density at radius 3 is 2.43 bits per heavy atom. The molecule has 3 rings (SSSR count). The summed E-state index contributed by atoms with van der Waals surface area (Å²) in [5, 5.41) is 3.84. The van der Waals surface area contributed by atoms with Gasteiger partial charge >= 0.3 is 12.4 Å². The highest BCUT2D eigenvalue weighted by atomic mass is 19.4. The van der Waals surface area contributed by atoms with Crippen LogP contribution >= 0.6 is 0 Å². The number of amides is 2. The fourth-order valence-electron chi connectivity index (χ4n) is 2.67. The second kappa shape index (κ2) is 8.59. The second-order valence-electron chi connectivity index (χ2n) is 5.95. The van der Waals surface area contributed by atoms with Gasteiger partial charge in [-0.3, -0.25) is 0 Å². The van der Waals surface area contributed by atoms with Crippen LogP contribution in [0.5, 0.6) is 5.75 Å². The maximum absolute atomic E-state index is 12.2. The molecule has 2 aromatic rings. The summed E-state index contributed by atoms with van der Waals surface area (Å²) in [7, 11) is 0. The number of hydrogen-bond donors (Lipinski definition) is 1. The molecule has 1 fully saturated rings. The smallest absolute Gasteiger partial charge is 0.406 e. The second-order valence-corrected chi connectivity index (χ2v) is 5.95. The SMILES string of the molecule is O=C(N/N=C/c1ccc(OC(F)(F)F)cc1)N1CCN(c2ccccn2)CC1. The first-order valence-corrected chi connectivity index (χ1v) is 8.50. The number of benzene rings is 1. The molecule has 148 valence electrons. The molecule has 0 radical (unpaired) electrons. The van der Waals surface area contributed by atoms with E-state index in [0.717, 1.165) is 5.82 Å². The van der Waals surface area contributed by atoms with Crippen LogP contribution < -0.4 is 15.1 Å². The minimum absolute atomic E-state index is 0.320. The molecule has 10 heteroatoms. The molecular formula is C18H18F3N5O2. The molecule has 1 aliphatic heterocycles. The Balaban J connectivity index is 1.45. The maximum atomic E-state index is 12.2. The zero-order valence-corrected chi connectivity index (χ0v) is 14.8. The highest BCUT2D eigenvalue weighted by Crippen LogP contribution is 2.22. The molecule has 1 N–H and O–H groups in total. The fourth-order valence-corrected chi connectivity index (χ4v) is 2.67. The van der Waals surface area contributed by atoms with Crippen molar-refractivity contribution in [2.45, 2.75) is 6.36 Å². The van der Waals surface area contributed by atoms with E-state index in [-0.39, 0.29) is 11.8 Å². The molecule has 0 unspecified atom stereocenters. The first-order valence-electron chi connectivity index (χ1n) is 8.50. The van der Waals surface area contributed by atoms with Gasteiger partial charge in [-0.05, 0) is 42.0 Å². The van der Waals surface area contributed by atoms with Gasteiger partial charge in [0.2, 0.25) is 0 Å². The van der Waals surface area contributed by atoms with Crippen molar-refractivity contribution in [1.29, 1.82) is 0 Å². The number of halogens is 3. The van der Waals surface area contributed by atoms with Crippen LogP contribution in [0.1, 0.15) is 5.56 Å². The lowest BCUT2D eigenvalue weighted by molar-refractivity contribution is -0.274. The lowest BCUT2D eigenvalue weighted by atomic mass is 10.2. The van der Waals surface area contributed by atoms with E-state index < -0.39 is 6.36 Å². The molecule has 0 aliphatic carbocycles. The monoisotopic (exact) mass is 393 g/mol. The van der Waals surface area contributed by atoms with Gasteiger partial charge in [0.1, 0.15) is 11.6 Å². The molecule has 0 atom stereocenters. The number of pyridine rings is 1. The number of alkyl halides is 3. The summed E-state index contributed by atoms with van der Waals surface area (Å²) >= 11 is 0. The van der Waals surface area contributed by atoms with Crippen molar-refractivity contribution in [2.75, 3.05) is 31.1 Å². The Bertz CT molecular complexity index is 804. The summed E-state index contributed by atoms with van der Waals surface area (Å²) in [5.74, 6) is 0.554. The summed E-state index contributed by atoms with van der Waals surface area (Å²) < 4.78 is 40.2. The lowest BCUT2D eigenvalue weighted by Crippen LogP contribution is -2.51. The Morgan fingerprint density at radius 2 is 1.82 bits per heavy atom. The minimum Gasteiger partial charge on any atom is -0.406 e. The molecule has 2 amide bonds. The van der Waals surface area contributed by atoms with Crippen LogP contribution in [0, 0.1) is 0 Å².